The molecule has 0 atom stereocenters. The standard InChI is InChI=1S/C16H14F3NO2/c1-22-12-8-6-11(7-9-12)15(21)10-20-14-5-3-2-4-13(14)16(17,18)19/h2-9,20H,10H2,1H3. The molecule has 0 amide bonds. The lowest BCUT2D eigenvalue weighted by molar-refractivity contribution is -0.136. The molecule has 0 heterocycles. The second-order valence-electron chi connectivity index (χ2n) is 4.55. The van der Waals surface area contributed by atoms with Crippen LogP contribution in [0.15, 0.2) is 48.5 Å². The van der Waals surface area contributed by atoms with E-state index in [1.165, 1.54) is 25.3 Å². The quantitative estimate of drug-likeness (QED) is 0.848. The molecule has 0 unspecified atom stereocenters. The SMILES string of the molecule is COc1ccc(C(=O)CNc2ccccc2C(F)(F)F)cc1. The number of ether oxygens (including phenoxy) is 1. The molecule has 0 aliphatic heterocycles. The molecule has 0 fully saturated rings. The van der Waals surface area contributed by atoms with Gasteiger partial charge in [-0.15, -0.1) is 0 Å². The fourth-order valence-corrected chi connectivity index (χ4v) is 1.94. The summed E-state index contributed by atoms with van der Waals surface area (Å²) in [4.78, 5) is 12.0. The van der Waals surface area contributed by atoms with Crippen molar-refractivity contribution >= 4 is 11.5 Å². The van der Waals surface area contributed by atoms with Gasteiger partial charge in [0.05, 0.1) is 19.2 Å². The fraction of sp³-hybridized carbons (Fsp3) is 0.188. The number of para-hydroxylation sites is 1. The lowest BCUT2D eigenvalue weighted by atomic mass is 10.1. The molecule has 22 heavy (non-hydrogen) atoms. The van der Waals surface area contributed by atoms with E-state index in [2.05, 4.69) is 5.32 Å². The van der Waals surface area contributed by atoms with Crippen LogP contribution in [0.5, 0.6) is 5.75 Å². The zero-order valence-corrected chi connectivity index (χ0v) is 11.8. The van der Waals surface area contributed by atoms with Crippen LogP contribution in [-0.4, -0.2) is 19.4 Å². The van der Waals surface area contributed by atoms with Crippen LogP contribution >= 0.6 is 0 Å². The molecule has 0 aliphatic rings. The Morgan fingerprint density at radius 2 is 1.73 bits per heavy atom. The minimum absolute atomic E-state index is 0.114. The number of ketones is 1. The molecule has 0 spiro atoms. The Kier molecular flexibility index (Phi) is 4.70. The fourth-order valence-electron chi connectivity index (χ4n) is 1.94. The largest absolute Gasteiger partial charge is 0.497 e. The minimum Gasteiger partial charge on any atom is -0.497 e. The van der Waals surface area contributed by atoms with Gasteiger partial charge in [0.2, 0.25) is 0 Å². The van der Waals surface area contributed by atoms with E-state index in [-0.39, 0.29) is 18.0 Å². The highest BCUT2D eigenvalue weighted by Gasteiger charge is 2.33. The summed E-state index contributed by atoms with van der Waals surface area (Å²) in [5.41, 5.74) is -0.507. The van der Waals surface area contributed by atoms with Crippen molar-refractivity contribution in [2.24, 2.45) is 0 Å². The number of carbonyl (C=O) groups excluding carboxylic acids is 1. The summed E-state index contributed by atoms with van der Waals surface area (Å²) in [5.74, 6) is 0.298. The number of anilines is 1. The normalized spacial score (nSPS) is 11.1. The molecule has 2 rings (SSSR count). The third-order valence-corrected chi connectivity index (χ3v) is 3.08. The highest BCUT2D eigenvalue weighted by atomic mass is 19.4. The molecule has 0 radical (unpaired) electrons. The summed E-state index contributed by atoms with van der Waals surface area (Å²) < 4.78 is 43.5. The van der Waals surface area contributed by atoms with E-state index >= 15 is 0 Å². The van der Waals surface area contributed by atoms with Crippen molar-refractivity contribution in [3.05, 3.63) is 59.7 Å². The summed E-state index contributed by atoms with van der Waals surface area (Å²) in [5, 5.41) is 2.55. The van der Waals surface area contributed by atoms with Gasteiger partial charge in [-0.1, -0.05) is 12.1 Å². The number of rotatable bonds is 5. The highest BCUT2D eigenvalue weighted by Crippen LogP contribution is 2.34. The number of benzene rings is 2. The average Bonchev–Trinajstić information content (AvgIpc) is 2.52. The van der Waals surface area contributed by atoms with Gasteiger partial charge in [0.25, 0.3) is 0 Å². The van der Waals surface area contributed by atoms with Gasteiger partial charge < -0.3 is 10.1 Å². The van der Waals surface area contributed by atoms with E-state index in [1.807, 2.05) is 0 Å². The molecule has 2 aromatic rings. The van der Waals surface area contributed by atoms with E-state index in [4.69, 9.17) is 4.74 Å². The number of methoxy groups -OCH3 is 1. The molecule has 1 N–H and O–H groups in total. The number of hydrogen-bond acceptors (Lipinski definition) is 3. The van der Waals surface area contributed by atoms with Crippen molar-refractivity contribution < 1.29 is 22.7 Å². The van der Waals surface area contributed by atoms with Crippen LogP contribution in [-0.2, 0) is 6.18 Å². The molecule has 0 aromatic heterocycles. The van der Waals surface area contributed by atoms with Gasteiger partial charge in [0.15, 0.2) is 5.78 Å². The van der Waals surface area contributed by atoms with Crippen molar-refractivity contribution in [3.8, 4) is 5.75 Å². The van der Waals surface area contributed by atoms with Crippen LogP contribution in [0.4, 0.5) is 18.9 Å². The Labute approximate surface area is 125 Å². The second-order valence-corrected chi connectivity index (χ2v) is 4.55. The van der Waals surface area contributed by atoms with Gasteiger partial charge in [-0.25, -0.2) is 0 Å². The lowest BCUT2D eigenvalue weighted by Gasteiger charge is -2.14. The Morgan fingerprint density at radius 3 is 2.32 bits per heavy atom. The monoisotopic (exact) mass is 309 g/mol. The summed E-state index contributed by atoms with van der Waals surface area (Å²) in [6, 6.07) is 11.4. The Hall–Kier alpha value is -2.50. The Bertz CT molecular complexity index is 651. The van der Waals surface area contributed by atoms with Crippen molar-refractivity contribution in [1.29, 1.82) is 0 Å². The maximum Gasteiger partial charge on any atom is 0.418 e. The van der Waals surface area contributed by atoms with Crippen molar-refractivity contribution in [3.63, 3.8) is 0 Å². The first-order valence-corrected chi connectivity index (χ1v) is 6.49. The molecule has 0 aliphatic carbocycles. The van der Waals surface area contributed by atoms with E-state index < -0.39 is 11.7 Å². The predicted octanol–water partition coefficient (Wildman–Crippen LogP) is 4.01. The van der Waals surface area contributed by atoms with Crippen LogP contribution in [0.1, 0.15) is 15.9 Å². The summed E-state index contributed by atoms with van der Waals surface area (Å²) >= 11 is 0. The molecule has 0 saturated heterocycles. The highest BCUT2D eigenvalue weighted by molar-refractivity contribution is 5.99. The second kappa shape index (κ2) is 6.51. The molecule has 0 saturated carbocycles. The summed E-state index contributed by atoms with van der Waals surface area (Å²) in [6.07, 6.45) is -4.47. The van der Waals surface area contributed by atoms with Gasteiger partial charge >= 0.3 is 6.18 Å². The Balaban J connectivity index is 2.08. The lowest BCUT2D eigenvalue weighted by Crippen LogP contribution is -2.17. The van der Waals surface area contributed by atoms with Gasteiger partial charge in [-0.3, -0.25) is 4.79 Å². The summed E-state index contributed by atoms with van der Waals surface area (Å²) in [6.45, 7) is -0.223. The smallest absolute Gasteiger partial charge is 0.418 e. The zero-order chi connectivity index (χ0) is 16.2. The topological polar surface area (TPSA) is 38.3 Å². The molecule has 3 nitrogen and oxygen atoms in total. The summed E-state index contributed by atoms with van der Waals surface area (Å²) in [7, 11) is 1.51. The number of Topliss-reactive ketones (excluding diaryl/α,β-unsaturated/α-hetero) is 1. The predicted molar refractivity (Wildman–Crippen MR) is 77.3 cm³/mol. The van der Waals surface area contributed by atoms with E-state index in [1.54, 1.807) is 24.3 Å². The molecule has 116 valence electrons. The molecule has 6 heteroatoms. The molecular weight excluding hydrogens is 295 g/mol. The van der Waals surface area contributed by atoms with Crippen molar-refractivity contribution in [2.45, 2.75) is 6.18 Å². The first-order valence-electron chi connectivity index (χ1n) is 6.49. The number of hydrogen-bond donors (Lipinski definition) is 1. The van der Waals surface area contributed by atoms with Crippen LogP contribution in [0, 0.1) is 0 Å². The number of alkyl halides is 3. The first kappa shape index (κ1) is 15.9. The van der Waals surface area contributed by atoms with Crippen LogP contribution in [0.2, 0.25) is 0 Å². The number of halogens is 3. The maximum absolute atomic E-state index is 12.8. The van der Waals surface area contributed by atoms with Gasteiger partial charge in [-0.2, -0.15) is 13.2 Å². The van der Waals surface area contributed by atoms with Crippen LogP contribution in [0.3, 0.4) is 0 Å². The van der Waals surface area contributed by atoms with Gasteiger partial charge in [0, 0.05) is 11.3 Å². The molecule has 0 bridgehead atoms. The third-order valence-electron chi connectivity index (χ3n) is 3.08. The van der Waals surface area contributed by atoms with Gasteiger partial charge in [0.1, 0.15) is 5.75 Å². The van der Waals surface area contributed by atoms with Gasteiger partial charge in [-0.05, 0) is 36.4 Å². The maximum atomic E-state index is 12.8. The minimum atomic E-state index is -4.47. The van der Waals surface area contributed by atoms with E-state index in [0.29, 0.717) is 11.3 Å². The van der Waals surface area contributed by atoms with Crippen LogP contribution < -0.4 is 10.1 Å². The van der Waals surface area contributed by atoms with E-state index in [9.17, 15) is 18.0 Å². The molecule has 2 aromatic carbocycles. The molecular formula is C16H14F3NO2. The number of nitrogens with one attached hydrogen (secondary N) is 1. The van der Waals surface area contributed by atoms with Crippen molar-refractivity contribution in [2.75, 3.05) is 19.0 Å². The number of carbonyl (C=O) groups is 1. The Morgan fingerprint density at radius 1 is 1.09 bits per heavy atom. The van der Waals surface area contributed by atoms with Crippen LogP contribution in [0.25, 0.3) is 0 Å². The van der Waals surface area contributed by atoms with E-state index in [0.717, 1.165) is 6.07 Å². The van der Waals surface area contributed by atoms with Crippen molar-refractivity contribution in [1.82, 2.24) is 0 Å². The first-order chi connectivity index (χ1) is 10.4. The third kappa shape index (κ3) is 3.78. The zero-order valence-electron chi connectivity index (χ0n) is 11.8. The average molecular weight is 309 g/mol.